The lowest BCUT2D eigenvalue weighted by atomic mass is 9.92. The highest BCUT2D eigenvalue weighted by Gasteiger charge is 2.58. The largest absolute Gasteiger partial charge is 0.464 e. The molecule has 0 aliphatic carbocycles. The van der Waals surface area contributed by atoms with Crippen LogP contribution in [0.1, 0.15) is 32.4 Å². The first-order chi connectivity index (χ1) is 20.2. The molecular formula is C27H33N6O8P. The van der Waals surface area contributed by atoms with Crippen molar-refractivity contribution in [1.29, 1.82) is 5.26 Å². The van der Waals surface area contributed by atoms with E-state index in [1.165, 1.54) is 16.9 Å². The number of nitrogen functional groups attached to an aromatic ring is 1. The summed E-state index contributed by atoms with van der Waals surface area (Å²) < 4.78 is 37.3. The number of carbonyl (C=O) groups excluding carboxylic acids is 1. The fourth-order valence-corrected chi connectivity index (χ4v) is 5.65. The first kappa shape index (κ1) is 31.1. The van der Waals surface area contributed by atoms with Crippen LogP contribution in [0, 0.1) is 17.2 Å². The number of fused-ring (bicyclic) bond motifs is 1. The van der Waals surface area contributed by atoms with Gasteiger partial charge in [-0.25, -0.2) is 14.1 Å². The molecule has 15 heteroatoms. The topological polar surface area (TPSA) is 204 Å². The summed E-state index contributed by atoms with van der Waals surface area (Å²) in [6.07, 6.45) is -1.79. The highest BCUT2D eigenvalue weighted by molar-refractivity contribution is 7.70. The molecule has 14 nitrogen and oxygen atoms in total. The Kier molecular flexibility index (Phi) is 9.93. The molecule has 0 unspecified atom stereocenters. The van der Waals surface area contributed by atoms with E-state index in [4.69, 9.17) is 24.3 Å². The van der Waals surface area contributed by atoms with Gasteiger partial charge >= 0.3 is 13.6 Å². The predicted octanol–water partition coefficient (Wildman–Crippen LogP) is 2.45. The molecule has 5 atom stereocenters. The maximum atomic E-state index is 13.7. The second-order valence-electron chi connectivity index (χ2n) is 9.66. The van der Waals surface area contributed by atoms with Gasteiger partial charge in [0.2, 0.25) is 5.60 Å². The van der Waals surface area contributed by atoms with E-state index < -0.39 is 50.6 Å². The third kappa shape index (κ3) is 6.61. The zero-order valence-corrected chi connectivity index (χ0v) is 24.0. The van der Waals surface area contributed by atoms with Gasteiger partial charge in [-0.15, -0.1) is 0 Å². The average molecular weight is 601 g/mol. The quantitative estimate of drug-likeness (QED) is 0.147. The molecule has 3 heterocycles. The Hall–Kier alpha value is -3.86. The van der Waals surface area contributed by atoms with E-state index in [2.05, 4.69) is 15.1 Å². The first-order valence-corrected chi connectivity index (χ1v) is 15.0. The van der Waals surface area contributed by atoms with Gasteiger partial charge in [-0.3, -0.25) is 14.3 Å². The summed E-state index contributed by atoms with van der Waals surface area (Å²) in [7, 11) is -4.20. The Bertz CT molecular complexity index is 1490. The zero-order valence-electron chi connectivity index (χ0n) is 23.1. The number of anilines is 1. The molecule has 3 aromatic rings. The maximum Gasteiger partial charge on any atom is 0.421 e. The summed E-state index contributed by atoms with van der Waals surface area (Å²) in [5.41, 5.74) is 4.28. The molecule has 0 saturated carbocycles. The maximum absolute atomic E-state index is 13.7. The van der Waals surface area contributed by atoms with Gasteiger partial charge in [0.1, 0.15) is 54.5 Å². The molecule has 0 spiro atoms. The minimum atomic E-state index is -4.20. The number of hydrogen-bond acceptors (Lipinski definition) is 13. The Morgan fingerprint density at radius 3 is 2.71 bits per heavy atom. The van der Waals surface area contributed by atoms with Crippen molar-refractivity contribution in [2.24, 2.45) is 10.9 Å². The van der Waals surface area contributed by atoms with Gasteiger partial charge in [-0.05, 0) is 30.2 Å². The number of hydrogen-bond donors (Lipinski definition) is 3. The van der Waals surface area contributed by atoms with Crippen molar-refractivity contribution in [2.75, 3.05) is 25.5 Å². The summed E-state index contributed by atoms with van der Waals surface area (Å²) in [5.74, 6) is 0.838. The number of nitriles is 1. The average Bonchev–Trinajstić information content (AvgIpc) is 3.53. The number of nitrogens with two attached hydrogens (primary N) is 1. The number of rotatable bonds is 13. The van der Waals surface area contributed by atoms with Crippen LogP contribution >= 0.6 is 7.60 Å². The second-order valence-corrected chi connectivity index (χ2v) is 11.4. The van der Waals surface area contributed by atoms with E-state index in [9.17, 15) is 24.8 Å². The highest BCUT2D eigenvalue weighted by atomic mass is 31.2. The van der Waals surface area contributed by atoms with Gasteiger partial charge in [0, 0.05) is 0 Å². The lowest BCUT2D eigenvalue weighted by Gasteiger charge is -2.24. The molecule has 4 N–H and O–H groups in total. The zero-order chi connectivity index (χ0) is 30.3. The normalized spacial score (nSPS) is 23.7. The molecule has 4 rings (SSSR count). The van der Waals surface area contributed by atoms with Crippen molar-refractivity contribution in [3.8, 4) is 11.8 Å². The number of benzene rings is 1. The number of para-hydroxylation sites is 1. The summed E-state index contributed by atoms with van der Waals surface area (Å²) in [4.78, 5) is 20.0. The number of esters is 1. The molecule has 1 aromatic carbocycles. The molecule has 224 valence electrons. The second kappa shape index (κ2) is 13.4. The molecule has 1 aliphatic rings. The molecule has 0 radical (unpaired) electrons. The number of aromatic nitrogens is 3. The molecule has 1 fully saturated rings. The monoisotopic (exact) mass is 600 g/mol. The van der Waals surface area contributed by atoms with Gasteiger partial charge in [-0.1, -0.05) is 44.9 Å². The number of aliphatic hydroxyl groups is 2. The van der Waals surface area contributed by atoms with Gasteiger partial charge < -0.3 is 29.9 Å². The fraction of sp³-hybridized carbons (Fsp3) is 0.444. The van der Waals surface area contributed by atoms with E-state index in [0.29, 0.717) is 5.52 Å². The first-order valence-electron chi connectivity index (χ1n) is 13.4. The molecule has 1 saturated heterocycles. The van der Waals surface area contributed by atoms with E-state index in [0.717, 1.165) is 18.8 Å². The minimum Gasteiger partial charge on any atom is -0.464 e. The van der Waals surface area contributed by atoms with E-state index in [1.807, 2.05) is 19.9 Å². The number of aliphatic hydroxyl groups excluding tert-OH is 2. The molecule has 1 aliphatic heterocycles. The van der Waals surface area contributed by atoms with Crippen LogP contribution in [-0.2, 0) is 29.0 Å². The summed E-state index contributed by atoms with van der Waals surface area (Å²) in [6.45, 7) is 3.27. The molecule has 42 heavy (non-hydrogen) atoms. The smallest absolute Gasteiger partial charge is 0.421 e. The van der Waals surface area contributed by atoms with Gasteiger partial charge in [-0.2, -0.15) is 10.4 Å². The molecule has 0 amide bonds. The van der Waals surface area contributed by atoms with Crippen molar-refractivity contribution >= 4 is 30.9 Å². The van der Waals surface area contributed by atoms with Crippen molar-refractivity contribution in [2.45, 2.75) is 50.6 Å². The Balaban J connectivity index is 1.51. The van der Waals surface area contributed by atoms with Gasteiger partial charge in [0.25, 0.3) is 0 Å². The fourth-order valence-electron chi connectivity index (χ4n) is 4.44. The van der Waals surface area contributed by atoms with Crippen LogP contribution in [0.4, 0.5) is 5.82 Å². The van der Waals surface area contributed by atoms with Crippen LogP contribution in [0.2, 0.25) is 0 Å². The van der Waals surface area contributed by atoms with E-state index >= 15 is 0 Å². The summed E-state index contributed by atoms with van der Waals surface area (Å²) in [5, 5.41) is 36.0. The van der Waals surface area contributed by atoms with E-state index in [-0.39, 0.29) is 29.8 Å². The highest BCUT2D eigenvalue weighted by Crippen LogP contribution is 2.48. The summed E-state index contributed by atoms with van der Waals surface area (Å²) >= 11 is 0. The Morgan fingerprint density at radius 2 is 2.02 bits per heavy atom. The van der Waals surface area contributed by atoms with Crippen LogP contribution in [-0.4, -0.2) is 74.8 Å². The van der Waals surface area contributed by atoms with Gasteiger partial charge in [0.05, 0.1) is 18.9 Å². The third-order valence-electron chi connectivity index (χ3n) is 6.96. The SMILES string of the molecule is CCC(CC)COC(=O)CN=C[P@](=O)(OC[C@H]1O[C@@](C#N)(c2ccc3c(N)ncnn23)[C@H](O)[C@@H]1O)Oc1ccccc1. The number of carbonyl (C=O) groups is 1. The van der Waals surface area contributed by atoms with Crippen LogP contribution in [0.15, 0.2) is 53.8 Å². The van der Waals surface area contributed by atoms with Crippen molar-refractivity contribution in [3.63, 3.8) is 0 Å². The number of nitrogens with zero attached hydrogens (tertiary/aromatic N) is 5. The molecule has 0 bridgehead atoms. The predicted molar refractivity (Wildman–Crippen MR) is 151 cm³/mol. The van der Waals surface area contributed by atoms with Crippen molar-refractivity contribution in [1.82, 2.24) is 14.6 Å². The summed E-state index contributed by atoms with van der Waals surface area (Å²) in [6, 6.07) is 13.1. The Labute approximate surface area is 242 Å². The van der Waals surface area contributed by atoms with Crippen molar-refractivity contribution < 1.29 is 38.1 Å². The van der Waals surface area contributed by atoms with Crippen LogP contribution in [0.25, 0.3) is 5.52 Å². The number of ether oxygens (including phenoxy) is 2. The standard InChI is InChI=1S/C27H33N6O8P/c1-3-18(4-2)13-38-23(34)12-30-17-42(37,41-19-8-6-5-7-9-19)39-14-21-24(35)25(36)27(15-28,40-21)22-11-10-20-26(29)31-16-32-33(20)22/h5-11,16-18,21,24-25,35-36H,3-4,12-14H2,1-2H3,(H2,29,31,32)/t21-,24-,25-,27+,42+/m1/s1. The minimum absolute atomic E-state index is 0.0975. The molecular weight excluding hydrogens is 567 g/mol. The van der Waals surface area contributed by atoms with Crippen LogP contribution < -0.4 is 10.3 Å². The lowest BCUT2D eigenvalue weighted by molar-refractivity contribution is -0.143. The van der Waals surface area contributed by atoms with Crippen molar-refractivity contribution in [3.05, 3.63) is 54.5 Å². The van der Waals surface area contributed by atoms with Gasteiger partial charge in [0.15, 0.2) is 5.82 Å². The Morgan fingerprint density at radius 1 is 1.29 bits per heavy atom. The van der Waals surface area contributed by atoms with E-state index in [1.54, 1.807) is 36.4 Å². The van der Waals surface area contributed by atoms with Crippen LogP contribution in [0.5, 0.6) is 5.75 Å². The third-order valence-corrected chi connectivity index (χ3v) is 8.38. The lowest BCUT2D eigenvalue weighted by Crippen LogP contribution is -2.41. The van der Waals surface area contributed by atoms with Crippen LogP contribution in [0.3, 0.4) is 0 Å². The number of aliphatic imine (C=N–C) groups is 1. The molecule has 2 aromatic heterocycles.